The number of rotatable bonds is 10. The highest BCUT2D eigenvalue weighted by molar-refractivity contribution is 4.79. The molecule has 1 atom stereocenters. The van der Waals surface area contributed by atoms with E-state index >= 15 is 0 Å². The van der Waals surface area contributed by atoms with Crippen molar-refractivity contribution < 1.29 is 0 Å². The molecule has 1 N–H and O–H groups in total. The SMILES string of the molecule is CCNCC(CC)N(CC(C)C)C(CC)CC. The van der Waals surface area contributed by atoms with Gasteiger partial charge in [0.05, 0.1) is 0 Å². The van der Waals surface area contributed by atoms with E-state index in [4.69, 9.17) is 0 Å². The summed E-state index contributed by atoms with van der Waals surface area (Å²) in [5, 5.41) is 3.51. The maximum absolute atomic E-state index is 3.51. The first-order valence-electron chi connectivity index (χ1n) is 7.56. The largest absolute Gasteiger partial charge is 0.315 e. The molecule has 0 rings (SSSR count). The maximum Gasteiger partial charge on any atom is 0.0221 e. The van der Waals surface area contributed by atoms with Gasteiger partial charge in [0.2, 0.25) is 0 Å². The third-order valence-corrected chi connectivity index (χ3v) is 3.56. The third-order valence-electron chi connectivity index (χ3n) is 3.56. The highest BCUT2D eigenvalue weighted by Gasteiger charge is 2.23. The lowest BCUT2D eigenvalue weighted by atomic mass is 10.0. The molecule has 0 fully saturated rings. The Morgan fingerprint density at radius 1 is 0.882 bits per heavy atom. The fourth-order valence-electron chi connectivity index (χ4n) is 2.58. The van der Waals surface area contributed by atoms with Gasteiger partial charge < -0.3 is 5.32 Å². The van der Waals surface area contributed by atoms with E-state index in [0.29, 0.717) is 6.04 Å². The predicted octanol–water partition coefficient (Wildman–Crippen LogP) is 3.52. The summed E-state index contributed by atoms with van der Waals surface area (Å²) in [4.78, 5) is 2.74. The molecule has 0 spiro atoms. The fourth-order valence-corrected chi connectivity index (χ4v) is 2.58. The Hall–Kier alpha value is -0.0800. The van der Waals surface area contributed by atoms with Gasteiger partial charge in [0.15, 0.2) is 0 Å². The monoisotopic (exact) mass is 242 g/mol. The molecule has 17 heavy (non-hydrogen) atoms. The molecular weight excluding hydrogens is 208 g/mol. The number of nitrogens with one attached hydrogen (secondary N) is 1. The summed E-state index contributed by atoms with van der Waals surface area (Å²) < 4.78 is 0. The average molecular weight is 242 g/mol. The van der Waals surface area contributed by atoms with Gasteiger partial charge in [-0.25, -0.2) is 0 Å². The summed E-state index contributed by atoms with van der Waals surface area (Å²) in [6.07, 6.45) is 3.79. The molecule has 0 aromatic rings. The Bertz CT molecular complexity index is 164. The van der Waals surface area contributed by atoms with E-state index in [2.05, 4.69) is 51.8 Å². The molecule has 0 saturated carbocycles. The minimum atomic E-state index is 0.697. The second-order valence-electron chi connectivity index (χ2n) is 5.43. The maximum atomic E-state index is 3.51. The van der Waals surface area contributed by atoms with Crippen molar-refractivity contribution >= 4 is 0 Å². The van der Waals surface area contributed by atoms with Crippen molar-refractivity contribution in [1.82, 2.24) is 10.2 Å². The first kappa shape index (κ1) is 16.9. The second kappa shape index (κ2) is 9.90. The molecule has 0 aromatic carbocycles. The van der Waals surface area contributed by atoms with Crippen LogP contribution in [0.2, 0.25) is 0 Å². The summed E-state index contributed by atoms with van der Waals surface area (Å²) in [7, 11) is 0. The zero-order valence-electron chi connectivity index (χ0n) is 12.9. The molecule has 0 radical (unpaired) electrons. The van der Waals surface area contributed by atoms with Crippen LogP contribution in [0.4, 0.5) is 0 Å². The Labute approximate surface area is 109 Å². The van der Waals surface area contributed by atoms with Crippen LogP contribution in [0, 0.1) is 5.92 Å². The van der Waals surface area contributed by atoms with Gasteiger partial charge in [-0.05, 0) is 31.7 Å². The molecule has 0 aliphatic rings. The summed E-state index contributed by atoms with van der Waals surface area (Å²) in [5.41, 5.74) is 0. The first-order chi connectivity index (χ1) is 8.10. The van der Waals surface area contributed by atoms with E-state index in [-0.39, 0.29) is 0 Å². The molecular formula is C15H34N2. The molecule has 1 unspecified atom stereocenters. The quantitative estimate of drug-likeness (QED) is 0.630. The first-order valence-corrected chi connectivity index (χ1v) is 7.56. The van der Waals surface area contributed by atoms with Gasteiger partial charge in [-0.2, -0.15) is 0 Å². The van der Waals surface area contributed by atoms with Crippen molar-refractivity contribution in [2.75, 3.05) is 19.6 Å². The van der Waals surface area contributed by atoms with Crippen LogP contribution in [0.3, 0.4) is 0 Å². The molecule has 0 aromatic heterocycles. The lowest BCUT2D eigenvalue weighted by Crippen LogP contribution is -2.48. The number of likely N-dealkylation sites (N-methyl/N-ethyl adjacent to an activating group) is 1. The van der Waals surface area contributed by atoms with Crippen molar-refractivity contribution in [2.45, 2.75) is 72.9 Å². The van der Waals surface area contributed by atoms with Gasteiger partial charge in [-0.1, -0.05) is 41.5 Å². The molecule has 0 bridgehead atoms. The number of hydrogen-bond acceptors (Lipinski definition) is 2. The zero-order chi connectivity index (χ0) is 13.3. The molecule has 0 heterocycles. The molecule has 2 heteroatoms. The van der Waals surface area contributed by atoms with Crippen LogP contribution in [0.1, 0.15) is 60.8 Å². The summed E-state index contributed by atoms with van der Waals surface area (Å²) in [5.74, 6) is 0.756. The van der Waals surface area contributed by atoms with Gasteiger partial charge in [0, 0.05) is 25.2 Å². The lowest BCUT2D eigenvalue weighted by molar-refractivity contribution is 0.105. The van der Waals surface area contributed by atoms with Crippen LogP contribution in [0.5, 0.6) is 0 Å². The normalized spacial score (nSPS) is 13.9. The molecule has 0 amide bonds. The van der Waals surface area contributed by atoms with Gasteiger partial charge >= 0.3 is 0 Å². The van der Waals surface area contributed by atoms with E-state index in [1.807, 2.05) is 0 Å². The Morgan fingerprint density at radius 2 is 1.41 bits per heavy atom. The van der Waals surface area contributed by atoms with Crippen molar-refractivity contribution in [3.8, 4) is 0 Å². The molecule has 0 aliphatic carbocycles. The van der Waals surface area contributed by atoms with E-state index in [9.17, 15) is 0 Å². The zero-order valence-corrected chi connectivity index (χ0v) is 12.9. The average Bonchev–Trinajstić information content (AvgIpc) is 2.30. The van der Waals surface area contributed by atoms with Crippen LogP contribution < -0.4 is 5.32 Å². The van der Waals surface area contributed by atoms with Crippen LogP contribution >= 0.6 is 0 Å². The standard InChI is InChI=1S/C15H34N2/c1-7-14(8-2)17(12-13(5)6)15(9-3)11-16-10-4/h13-16H,7-12H2,1-6H3. The van der Waals surface area contributed by atoms with Crippen molar-refractivity contribution in [2.24, 2.45) is 5.92 Å². The summed E-state index contributed by atoms with van der Waals surface area (Å²) in [6.45, 7) is 17.3. The summed E-state index contributed by atoms with van der Waals surface area (Å²) >= 11 is 0. The molecule has 0 saturated heterocycles. The highest BCUT2D eigenvalue weighted by Crippen LogP contribution is 2.17. The van der Waals surface area contributed by atoms with E-state index in [1.165, 1.54) is 25.8 Å². The fraction of sp³-hybridized carbons (Fsp3) is 1.00. The lowest BCUT2D eigenvalue weighted by Gasteiger charge is -2.38. The number of nitrogens with zero attached hydrogens (tertiary/aromatic N) is 1. The minimum Gasteiger partial charge on any atom is -0.315 e. The Kier molecular flexibility index (Phi) is 9.85. The van der Waals surface area contributed by atoms with E-state index in [0.717, 1.165) is 25.0 Å². The van der Waals surface area contributed by atoms with Crippen molar-refractivity contribution in [1.29, 1.82) is 0 Å². The van der Waals surface area contributed by atoms with E-state index < -0.39 is 0 Å². The smallest absolute Gasteiger partial charge is 0.0221 e. The van der Waals surface area contributed by atoms with Crippen LogP contribution in [0.15, 0.2) is 0 Å². The van der Waals surface area contributed by atoms with Gasteiger partial charge in [-0.3, -0.25) is 4.90 Å². The second-order valence-corrected chi connectivity index (χ2v) is 5.43. The Balaban J connectivity index is 4.59. The third kappa shape index (κ3) is 6.42. The summed E-state index contributed by atoms with van der Waals surface area (Å²) in [6, 6.07) is 1.45. The van der Waals surface area contributed by atoms with Crippen molar-refractivity contribution in [3.63, 3.8) is 0 Å². The van der Waals surface area contributed by atoms with E-state index in [1.54, 1.807) is 0 Å². The van der Waals surface area contributed by atoms with Crippen LogP contribution in [-0.2, 0) is 0 Å². The van der Waals surface area contributed by atoms with Crippen LogP contribution in [-0.4, -0.2) is 36.6 Å². The topological polar surface area (TPSA) is 15.3 Å². The van der Waals surface area contributed by atoms with Gasteiger partial charge in [-0.15, -0.1) is 0 Å². The van der Waals surface area contributed by atoms with Crippen molar-refractivity contribution in [3.05, 3.63) is 0 Å². The molecule has 2 nitrogen and oxygen atoms in total. The Morgan fingerprint density at radius 3 is 1.76 bits per heavy atom. The highest BCUT2D eigenvalue weighted by atomic mass is 15.2. The van der Waals surface area contributed by atoms with Crippen LogP contribution in [0.25, 0.3) is 0 Å². The van der Waals surface area contributed by atoms with Gasteiger partial charge in [0.25, 0.3) is 0 Å². The molecule has 104 valence electrons. The minimum absolute atomic E-state index is 0.697. The molecule has 0 aliphatic heterocycles. The van der Waals surface area contributed by atoms with Gasteiger partial charge in [0.1, 0.15) is 0 Å². The predicted molar refractivity (Wildman–Crippen MR) is 78.5 cm³/mol. The number of hydrogen-bond donors (Lipinski definition) is 1.